The molecule has 2 heterocycles. The van der Waals surface area contributed by atoms with Gasteiger partial charge in [-0.3, -0.25) is 4.79 Å². The number of rotatable bonds is 2. The number of carbonyl (C=O) groups excluding carboxylic acids is 1. The number of furan rings is 1. The molecule has 16 heavy (non-hydrogen) atoms. The molecule has 0 aliphatic carbocycles. The van der Waals surface area contributed by atoms with E-state index in [1.165, 1.54) is 6.26 Å². The third-order valence-corrected chi connectivity index (χ3v) is 3.42. The summed E-state index contributed by atoms with van der Waals surface area (Å²) in [5, 5.41) is 9.46. The molecule has 5 heteroatoms. The molecule has 0 aromatic carbocycles. The van der Waals surface area contributed by atoms with E-state index < -0.39 is 0 Å². The van der Waals surface area contributed by atoms with Crippen LogP contribution in [0.3, 0.4) is 0 Å². The van der Waals surface area contributed by atoms with Gasteiger partial charge >= 0.3 is 0 Å². The van der Waals surface area contributed by atoms with Crippen LogP contribution in [0.5, 0.6) is 0 Å². The van der Waals surface area contributed by atoms with E-state index in [4.69, 9.17) is 4.42 Å². The summed E-state index contributed by atoms with van der Waals surface area (Å²) >= 11 is 3.17. The summed E-state index contributed by atoms with van der Waals surface area (Å²) in [6.07, 6.45) is 1.96. The summed E-state index contributed by atoms with van der Waals surface area (Å²) in [5.74, 6) is 0.164. The highest BCUT2D eigenvalue weighted by molar-refractivity contribution is 9.10. The van der Waals surface area contributed by atoms with Crippen molar-refractivity contribution in [2.24, 2.45) is 5.92 Å². The first-order valence-corrected chi connectivity index (χ1v) is 6.08. The van der Waals surface area contributed by atoms with E-state index in [-0.39, 0.29) is 17.9 Å². The third kappa shape index (κ3) is 2.30. The van der Waals surface area contributed by atoms with Crippen molar-refractivity contribution in [2.45, 2.75) is 19.4 Å². The number of carbonyl (C=O) groups is 1. The van der Waals surface area contributed by atoms with Crippen LogP contribution in [-0.4, -0.2) is 35.1 Å². The normalized spacial score (nSPS) is 22.4. The minimum absolute atomic E-state index is 0.0300. The summed E-state index contributed by atoms with van der Waals surface area (Å²) in [6, 6.07) is 1.66. The quantitative estimate of drug-likeness (QED) is 0.904. The van der Waals surface area contributed by atoms with Gasteiger partial charge in [-0.15, -0.1) is 0 Å². The van der Waals surface area contributed by atoms with Gasteiger partial charge in [-0.2, -0.15) is 0 Å². The molecule has 4 nitrogen and oxygen atoms in total. The predicted molar refractivity (Wildman–Crippen MR) is 62.1 cm³/mol. The summed E-state index contributed by atoms with van der Waals surface area (Å²) in [4.78, 5) is 13.8. The summed E-state index contributed by atoms with van der Waals surface area (Å²) < 4.78 is 5.60. The highest BCUT2D eigenvalue weighted by Gasteiger charge is 2.30. The maximum Gasteiger partial charge on any atom is 0.257 e. The zero-order chi connectivity index (χ0) is 11.7. The highest BCUT2D eigenvalue weighted by Crippen LogP contribution is 2.23. The van der Waals surface area contributed by atoms with E-state index in [1.807, 2.05) is 0 Å². The van der Waals surface area contributed by atoms with Crippen molar-refractivity contribution in [3.05, 3.63) is 22.6 Å². The lowest BCUT2D eigenvalue weighted by Crippen LogP contribution is -2.30. The topological polar surface area (TPSA) is 53.7 Å². The van der Waals surface area contributed by atoms with Gasteiger partial charge in [-0.1, -0.05) is 0 Å². The van der Waals surface area contributed by atoms with Crippen LogP contribution in [0.25, 0.3) is 0 Å². The number of aliphatic hydroxyl groups is 1. The van der Waals surface area contributed by atoms with E-state index in [1.54, 1.807) is 17.9 Å². The molecule has 1 fully saturated rings. The van der Waals surface area contributed by atoms with Gasteiger partial charge in [0.05, 0.1) is 11.7 Å². The molecule has 1 N–H and O–H groups in total. The van der Waals surface area contributed by atoms with Crippen LogP contribution >= 0.6 is 15.9 Å². The molecule has 2 rings (SSSR count). The molecule has 1 amide bonds. The smallest absolute Gasteiger partial charge is 0.257 e. The van der Waals surface area contributed by atoms with Crippen LogP contribution in [0.15, 0.2) is 21.4 Å². The number of hydrogen-bond acceptors (Lipinski definition) is 3. The van der Waals surface area contributed by atoms with Crippen LogP contribution in [0.1, 0.15) is 23.7 Å². The molecule has 1 aromatic heterocycles. The zero-order valence-electron chi connectivity index (χ0n) is 9.02. The Kier molecular flexibility index (Phi) is 3.35. The number of halogens is 1. The Morgan fingerprint density at radius 1 is 1.75 bits per heavy atom. The average molecular weight is 288 g/mol. The van der Waals surface area contributed by atoms with Crippen LogP contribution in [0.4, 0.5) is 0 Å². The van der Waals surface area contributed by atoms with Crippen LogP contribution in [0.2, 0.25) is 0 Å². The summed E-state index contributed by atoms with van der Waals surface area (Å²) in [5.41, 5.74) is 0.554. The fourth-order valence-corrected chi connectivity index (χ4v) is 2.31. The molecule has 0 radical (unpaired) electrons. The minimum Gasteiger partial charge on any atom is -0.457 e. The Morgan fingerprint density at radius 3 is 3.00 bits per heavy atom. The second-order valence-electron chi connectivity index (χ2n) is 4.18. The fourth-order valence-electron chi connectivity index (χ4n) is 1.97. The molecule has 1 saturated heterocycles. The molecular weight excluding hydrogens is 274 g/mol. The summed E-state index contributed by atoms with van der Waals surface area (Å²) in [7, 11) is 0. The van der Waals surface area contributed by atoms with Gasteiger partial charge < -0.3 is 14.4 Å². The number of nitrogens with zero attached hydrogens (tertiary/aromatic N) is 1. The van der Waals surface area contributed by atoms with Crippen LogP contribution < -0.4 is 0 Å². The number of hydrogen-bond donors (Lipinski definition) is 1. The lowest BCUT2D eigenvalue weighted by molar-refractivity contribution is 0.0762. The zero-order valence-corrected chi connectivity index (χ0v) is 10.6. The molecule has 2 unspecified atom stereocenters. The number of aliphatic hydroxyl groups excluding tert-OH is 1. The maximum absolute atomic E-state index is 12.0. The number of likely N-dealkylation sites (tertiary alicyclic amines) is 1. The Labute approximate surface area is 102 Å². The van der Waals surface area contributed by atoms with E-state index in [9.17, 15) is 9.90 Å². The van der Waals surface area contributed by atoms with Crippen molar-refractivity contribution in [2.75, 3.05) is 13.1 Å². The van der Waals surface area contributed by atoms with E-state index in [0.29, 0.717) is 23.3 Å². The van der Waals surface area contributed by atoms with Gasteiger partial charge in [0.15, 0.2) is 4.67 Å². The van der Waals surface area contributed by atoms with Gasteiger partial charge in [0.25, 0.3) is 5.91 Å². The standard InChI is InChI=1S/C11H14BrNO3/c1-7(14)8-2-3-13(5-8)11(15)9-4-10(12)16-6-9/h4,6-8,14H,2-3,5H2,1H3. The van der Waals surface area contributed by atoms with Crippen molar-refractivity contribution in [1.29, 1.82) is 0 Å². The molecule has 2 atom stereocenters. The fraction of sp³-hybridized carbons (Fsp3) is 0.545. The second kappa shape index (κ2) is 4.59. The predicted octanol–water partition coefficient (Wildman–Crippen LogP) is 1.89. The monoisotopic (exact) mass is 287 g/mol. The molecule has 1 aliphatic rings. The first-order valence-electron chi connectivity index (χ1n) is 5.29. The average Bonchev–Trinajstić information content (AvgIpc) is 2.84. The Morgan fingerprint density at radius 2 is 2.50 bits per heavy atom. The highest BCUT2D eigenvalue weighted by atomic mass is 79.9. The molecule has 1 aromatic rings. The molecule has 0 bridgehead atoms. The minimum atomic E-state index is -0.353. The van der Waals surface area contributed by atoms with Gasteiger partial charge in [0.2, 0.25) is 0 Å². The SMILES string of the molecule is CC(O)C1CCN(C(=O)c2coc(Br)c2)C1. The van der Waals surface area contributed by atoms with E-state index in [2.05, 4.69) is 15.9 Å². The van der Waals surface area contributed by atoms with E-state index >= 15 is 0 Å². The molecule has 0 saturated carbocycles. The second-order valence-corrected chi connectivity index (χ2v) is 4.96. The largest absolute Gasteiger partial charge is 0.457 e. The van der Waals surface area contributed by atoms with Crippen molar-refractivity contribution >= 4 is 21.8 Å². The molecular formula is C11H14BrNO3. The lowest BCUT2D eigenvalue weighted by Gasteiger charge is -2.16. The van der Waals surface area contributed by atoms with Crippen molar-refractivity contribution < 1.29 is 14.3 Å². The van der Waals surface area contributed by atoms with E-state index in [0.717, 1.165) is 6.42 Å². The van der Waals surface area contributed by atoms with Gasteiger partial charge in [0.1, 0.15) is 6.26 Å². The maximum atomic E-state index is 12.0. The Balaban J connectivity index is 2.02. The van der Waals surface area contributed by atoms with Crippen LogP contribution in [0, 0.1) is 5.92 Å². The van der Waals surface area contributed by atoms with Gasteiger partial charge in [-0.25, -0.2) is 0 Å². The van der Waals surface area contributed by atoms with Crippen molar-refractivity contribution in [3.63, 3.8) is 0 Å². The third-order valence-electron chi connectivity index (χ3n) is 3.01. The number of amides is 1. The molecule has 0 spiro atoms. The summed E-state index contributed by atoms with van der Waals surface area (Å²) in [6.45, 7) is 3.10. The Bertz CT molecular complexity index is 388. The lowest BCUT2D eigenvalue weighted by atomic mass is 10.0. The molecule has 88 valence electrons. The molecule has 1 aliphatic heterocycles. The van der Waals surface area contributed by atoms with Crippen molar-refractivity contribution in [1.82, 2.24) is 4.90 Å². The van der Waals surface area contributed by atoms with Crippen LogP contribution in [-0.2, 0) is 0 Å². The van der Waals surface area contributed by atoms with Crippen molar-refractivity contribution in [3.8, 4) is 0 Å². The Hall–Kier alpha value is -0.810. The van der Waals surface area contributed by atoms with Gasteiger partial charge in [-0.05, 0) is 29.3 Å². The first kappa shape index (κ1) is 11.7. The van der Waals surface area contributed by atoms with Gasteiger partial charge in [0, 0.05) is 25.1 Å². The first-order chi connectivity index (χ1) is 7.58.